The molecule has 7 nitrogen and oxygen atoms in total. The third kappa shape index (κ3) is 5.14. The van der Waals surface area contributed by atoms with Gasteiger partial charge in [0.1, 0.15) is 0 Å². The number of carbonyl (C=O) groups is 3. The summed E-state index contributed by atoms with van der Waals surface area (Å²) in [7, 11) is 0. The highest BCUT2D eigenvalue weighted by Gasteiger charge is 2.36. The van der Waals surface area contributed by atoms with Crippen molar-refractivity contribution >= 4 is 40.7 Å². The minimum absolute atomic E-state index is 0.0514. The van der Waals surface area contributed by atoms with Crippen molar-refractivity contribution in [2.45, 2.75) is 20.3 Å². The van der Waals surface area contributed by atoms with Crippen molar-refractivity contribution in [1.82, 2.24) is 10.2 Å². The van der Waals surface area contributed by atoms with Crippen LogP contribution in [0.5, 0.6) is 0 Å². The highest BCUT2D eigenvalue weighted by molar-refractivity contribution is 6.30. The average molecular weight is 469 g/mol. The molecule has 2 aliphatic rings. The molecule has 0 spiro atoms. The van der Waals surface area contributed by atoms with Crippen LogP contribution in [0, 0.1) is 19.8 Å². The van der Waals surface area contributed by atoms with Crippen molar-refractivity contribution in [3.63, 3.8) is 0 Å². The molecule has 0 aromatic heterocycles. The van der Waals surface area contributed by atoms with E-state index in [-0.39, 0.29) is 30.7 Å². The van der Waals surface area contributed by atoms with Crippen LogP contribution in [0.15, 0.2) is 42.5 Å². The van der Waals surface area contributed by atoms with Gasteiger partial charge in [0.25, 0.3) is 0 Å². The van der Waals surface area contributed by atoms with Crippen molar-refractivity contribution in [2.75, 3.05) is 49.1 Å². The Balaban J connectivity index is 1.26. The summed E-state index contributed by atoms with van der Waals surface area (Å²) < 4.78 is 0. The number of carbonyl (C=O) groups excluding carboxylic acids is 3. The van der Waals surface area contributed by atoms with Gasteiger partial charge in [-0.25, -0.2) is 0 Å². The number of nitrogens with one attached hydrogen (secondary N) is 1. The van der Waals surface area contributed by atoms with E-state index >= 15 is 0 Å². The summed E-state index contributed by atoms with van der Waals surface area (Å²) in [5.74, 6) is -0.871. The molecule has 8 heteroatoms. The fourth-order valence-electron chi connectivity index (χ4n) is 4.45. The Kier molecular flexibility index (Phi) is 6.88. The van der Waals surface area contributed by atoms with E-state index in [0.29, 0.717) is 37.7 Å². The summed E-state index contributed by atoms with van der Waals surface area (Å²) in [6.07, 6.45) is 0.158. The van der Waals surface area contributed by atoms with Crippen LogP contribution in [-0.2, 0) is 14.4 Å². The van der Waals surface area contributed by atoms with Crippen molar-refractivity contribution < 1.29 is 14.4 Å². The number of anilines is 2. The second-order valence-corrected chi connectivity index (χ2v) is 9.13. The van der Waals surface area contributed by atoms with Crippen LogP contribution in [0.2, 0.25) is 5.02 Å². The highest BCUT2D eigenvalue weighted by atomic mass is 35.5. The van der Waals surface area contributed by atoms with Crippen LogP contribution < -0.4 is 15.1 Å². The van der Waals surface area contributed by atoms with Gasteiger partial charge in [-0.2, -0.15) is 0 Å². The minimum atomic E-state index is -0.454. The summed E-state index contributed by atoms with van der Waals surface area (Å²) in [6, 6.07) is 13.5. The van der Waals surface area contributed by atoms with Crippen molar-refractivity contribution in [2.24, 2.45) is 5.92 Å². The molecule has 2 aromatic rings. The Hall–Kier alpha value is -3.06. The molecule has 0 bridgehead atoms. The molecule has 2 saturated heterocycles. The molecular weight excluding hydrogens is 440 g/mol. The largest absolute Gasteiger partial charge is 0.368 e. The third-order valence-corrected chi connectivity index (χ3v) is 6.82. The van der Waals surface area contributed by atoms with E-state index in [0.717, 1.165) is 22.5 Å². The third-order valence-electron chi connectivity index (χ3n) is 6.58. The molecule has 0 aliphatic carbocycles. The molecule has 4 rings (SSSR count). The van der Waals surface area contributed by atoms with Gasteiger partial charge in [0, 0.05) is 55.5 Å². The molecule has 174 valence electrons. The van der Waals surface area contributed by atoms with Crippen LogP contribution in [0.1, 0.15) is 17.5 Å². The van der Waals surface area contributed by atoms with Crippen molar-refractivity contribution in [1.29, 1.82) is 0 Å². The Morgan fingerprint density at radius 2 is 1.79 bits per heavy atom. The lowest BCUT2D eigenvalue weighted by molar-refractivity contribution is -0.134. The van der Waals surface area contributed by atoms with E-state index in [2.05, 4.69) is 10.2 Å². The van der Waals surface area contributed by atoms with E-state index in [1.807, 2.05) is 56.3 Å². The smallest absolute Gasteiger partial charge is 0.242 e. The molecule has 2 heterocycles. The quantitative estimate of drug-likeness (QED) is 0.732. The van der Waals surface area contributed by atoms with Gasteiger partial charge in [-0.05, 0) is 49.2 Å². The minimum Gasteiger partial charge on any atom is -0.368 e. The summed E-state index contributed by atoms with van der Waals surface area (Å²) in [5, 5.41) is 3.44. The fourth-order valence-corrected chi connectivity index (χ4v) is 4.63. The lowest BCUT2D eigenvalue weighted by atomic mass is 10.1. The number of hydrogen-bond acceptors (Lipinski definition) is 4. The molecule has 3 amide bonds. The molecule has 0 saturated carbocycles. The molecule has 0 radical (unpaired) electrons. The van der Waals surface area contributed by atoms with E-state index in [1.165, 1.54) is 0 Å². The summed E-state index contributed by atoms with van der Waals surface area (Å²) in [6.45, 7) is 6.86. The second-order valence-electron chi connectivity index (χ2n) is 8.69. The number of rotatable bonds is 5. The van der Waals surface area contributed by atoms with Gasteiger partial charge >= 0.3 is 0 Å². The maximum Gasteiger partial charge on any atom is 0.242 e. The normalized spacial score (nSPS) is 18.6. The number of aryl methyl sites for hydroxylation is 1. The average Bonchev–Trinajstić information content (AvgIpc) is 3.20. The van der Waals surface area contributed by atoms with Crippen LogP contribution in [-0.4, -0.2) is 61.9 Å². The van der Waals surface area contributed by atoms with E-state index in [9.17, 15) is 14.4 Å². The number of halogens is 1. The summed E-state index contributed by atoms with van der Waals surface area (Å²) in [5.41, 5.74) is 4.04. The first-order valence-electron chi connectivity index (χ1n) is 11.3. The van der Waals surface area contributed by atoms with Gasteiger partial charge in [0.15, 0.2) is 0 Å². The zero-order valence-corrected chi connectivity index (χ0v) is 19.8. The topological polar surface area (TPSA) is 73.0 Å². The van der Waals surface area contributed by atoms with Crippen molar-refractivity contribution in [3.8, 4) is 0 Å². The van der Waals surface area contributed by atoms with Crippen LogP contribution in [0.3, 0.4) is 0 Å². The highest BCUT2D eigenvalue weighted by Crippen LogP contribution is 2.29. The zero-order valence-electron chi connectivity index (χ0n) is 19.0. The number of amides is 3. The molecular formula is C25H29ClN4O3. The van der Waals surface area contributed by atoms with Crippen molar-refractivity contribution in [3.05, 3.63) is 58.6 Å². The van der Waals surface area contributed by atoms with E-state index < -0.39 is 5.92 Å². The van der Waals surface area contributed by atoms with Crippen LogP contribution >= 0.6 is 11.6 Å². The van der Waals surface area contributed by atoms with Gasteiger partial charge in [0.05, 0.1) is 12.5 Å². The summed E-state index contributed by atoms with van der Waals surface area (Å²) in [4.78, 5) is 43.5. The molecule has 2 aliphatic heterocycles. The van der Waals surface area contributed by atoms with Gasteiger partial charge in [-0.1, -0.05) is 29.8 Å². The monoisotopic (exact) mass is 468 g/mol. The van der Waals surface area contributed by atoms with E-state index in [4.69, 9.17) is 11.6 Å². The fraction of sp³-hybridized carbons (Fsp3) is 0.400. The Bertz CT molecular complexity index is 1070. The number of nitrogens with zero attached hydrogens (tertiary/aromatic N) is 3. The van der Waals surface area contributed by atoms with Gasteiger partial charge < -0.3 is 20.0 Å². The second kappa shape index (κ2) is 9.83. The lowest BCUT2D eigenvalue weighted by Gasteiger charge is -2.36. The summed E-state index contributed by atoms with van der Waals surface area (Å²) >= 11 is 6.08. The molecule has 1 N–H and O–H groups in total. The Labute approximate surface area is 199 Å². The number of piperazine rings is 1. The standard InChI is InChI=1S/C25H29ClN4O3/c1-17-5-3-8-22(18(17)2)30-16-19(13-23(30)31)25(33)27-15-24(32)29-11-9-28(10-12-29)21-7-4-6-20(26)14-21/h3-8,14,19H,9-13,15-16H2,1-2H3,(H,27,33). The Morgan fingerprint density at radius 3 is 2.52 bits per heavy atom. The number of hydrogen-bond donors (Lipinski definition) is 1. The lowest BCUT2D eigenvalue weighted by Crippen LogP contribution is -2.51. The van der Waals surface area contributed by atoms with Gasteiger partial charge in [-0.3, -0.25) is 14.4 Å². The van der Waals surface area contributed by atoms with E-state index in [1.54, 1.807) is 9.80 Å². The maximum absolute atomic E-state index is 12.7. The zero-order chi connectivity index (χ0) is 23.5. The maximum atomic E-state index is 12.7. The van der Waals surface area contributed by atoms with Crippen LogP contribution in [0.25, 0.3) is 0 Å². The van der Waals surface area contributed by atoms with Gasteiger partial charge in [-0.15, -0.1) is 0 Å². The first kappa shape index (κ1) is 23.1. The first-order chi connectivity index (χ1) is 15.8. The molecule has 1 unspecified atom stereocenters. The predicted octanol–water partition coefficient (Wildman–Crippen LogP) is 2.77. The molecule has 2 fully saturated rings. The molecule has 33 heavy (non-hydrogen) atoms. The first-order valence-corrected chi connectivity index (χ1v) is 11.6. The predicted molar refractivity (Wildman–Crippen MR) is 130 cm³/mol. The SMILES string of the molecule is Cc1cccc(N2CC(C(=O)NCC(=O)N3CCN(c4cccc(Cl)c4)CC3)CC2=O)c1C. The van der Waals surface area contributed by atoms with Gasteiger partial charge in [0.2, 0.25) is 17.7 Å². The molecule has 2 aromatic carbocycles. The molecule has 1 atom stereocenters. The van der Waals surface area contributed by atoms with Crippen LogP contribution in [0.4, 0.5) is 11.4 Å². The Morgan fingerprint density at radius 1 is 1.06 bits per heavy atom. The number of benzene rings is 2.